The van der Waals surface area contributed by atoms with E-state index in [0.29, 0.717) is 31.7 Å². The predicted molar refractivity (Wildman–Crippen MR) is 146 cm³/mol. The van der Waals surface area contributed by atoms with Gasteiger partial charge in [-0.2, -0.15) is 0 Å². The summed E-state index contributed by atoms with van der Waals surface area (Å²) in [5, 5.41) is 17.9. The van der Waals surface area contributed by atoms with Crippen molar-refractivity contribution < 1.29 is 37.9 Å². The fourth-order valence-electron chi connectivity index (χ4n) is 3.90. The van der Waals surface area contributed by atoms with E-state index in [1.54, 1.807) is 0 Å². The summed E-state index contributed by atoms with van der Waals surface area (Å²) in [6.45, 7) is 10.3. The molecule has 0 bridgehead atoms. The van der Waals surface area contributed by atoms with Crippen LogP contribution in [0, 0.1) is 6.07 Å². The van der Waals surface area contributed by atoms with E-state index in [2.05, 4.69) is 85.7 Å². The summed E-state index contributed by atoms with van der Waals surface area (Å²) in [5.74, 6) is 1.61. The Bertz CT molecular complexity index is 863. The molecule has 2 rings (SSSR count). The van der Waals surface area contributed by atoms with E-state index in [1.165, 1.54) is 11.1 Å². The summed E-state index contributed by atoms with van der Waals surface area (Å²) in [7, 11) is 4.49. The van der Waals surface area contributed by atoms with Crippen LogP contribution in [0.5, 0.6) is 5.75 Å². The number of hydrogen-bond donors (Lipinski definition) is 2. The fraction of sp³-hybridized carbons (Fsp3) is 0.552. The molecule has 0 saturated carbocycles. The molecule has 0 atom stereocenters. The molecule has 0 saturated heterocycles. The number of aliphatic hydroxyl groups is 2. The minimum absolute atomic E-state index is 0.0133. The van der Waals surface area contributed by atoms with Crippen LogP contribution in [-0.4, -0.2) is 49.5 Å². The molecular formula is C29H42ClNO4Pd. The first kappa shape index (κ1) is 32.8. The minimum atomic E-state index is 0.0133. The second kappa shape index (κ2) is 19.8. The molecule has 5 nitrogen and oxygen atoms in total. The third-order valence-electron chi connectivity index (χ3n) is 5.77. The predicted octanol–water partition coefficient (Wildman–Crippen LogP) is 6.65. The molecule has 0 heterocycles. The summed E-state index contributed by atoms with van der Waals surface area (Å²) < 4.78 is 11.3. The summed E-state index contributed by atoms with van der Waals surface area (Å²) >= 11 is 2.22. The summed E-state index contributed by atoms with van der Waals surface area (Å²) in [6.07, 6.45) is 6.79. The van der Waals surface area contributed by atoms with Crippen LogP contribution in [0.1, 0.15) is 87.5 Å². The standard InChI is InChI=1S/C29H42NO4.ClH.Pd/c1-22(2)26-11-9-12-27(23(3)4)29(26)30-21-24-13-14-28(34-19-18-33-17-16-32)25(20-24)10-7-5-6-8-15-31;;/h9,11-12,14,20-23,31-32H,5-8,10,15-19H2,1-4H3;1H;/q-1;;+2/p-1. The van der Waals surface area contributed by atoms with Gasteiger partial charge in [0.1, 0.15) is 0 Å². The first-order valence-electron chi connectivity index (χ1n) is 12.7. The number of aliphatic imine (C=N–C) groups is 1. The van der Waals surface area contributed by atoms with Gasteiger partial charge in [0.25, 0.3) is 0 Å². The Morgan fingerprint density at radius 3 is 2.22 bits per heavy atom. The van der Waals surface area contributed by atoms with E-state index in [1.807, 2.05) is 12.3 Å². The van der Waals surface area contributed by atoms with Crippen LogP contribution < -0.4 is 4.74 Å². The Morgan fingerprint density at radius 2 is 1.61 bits per heavy atom. The van der Waals surface area contributed by atoms with Gasteiger partial charge in [0.2, 0.25) is 0 Å². The topological polar surface area (TPSA) is 71.3 Å². The van der Waals surface area contributed by atoms with Gasteiger partial charge in [-0.3, -0.25) is 0 Å². The first-order valence-corrected chi connectivity index (χ1v) is 14.7. The van der Waals surface area contributed by atoms with Gasteiger partial charge >= 0.3 is 27.7 Å². The number of para-hydroxylation sites is 1. The summed E-state index contributed by atoms with van der Waals surface area (Å²) in [5.41, 5.74) is 5.65. The third-order valence-corrected chi connectivity index (χ3v) is 5.77. The van der Waals surface area contributed by atoms with Crippen molar-refractivity contribution in [3.05, 3.63) is 58.7 Å². The van der Waals surface area contributed by atoms with Crippen LogP contribution in [-0.2, 0) is 29.3 Å². The Balaban J connectivity index is 0.00000316. The molecular weight excluding hydrogens is 568 g/mol. The summed E-state index contributed by atoms with van der Waals surface area (Å²) in [4.78, 5) is 4.94. The van der Waals surface area contributed by atoms with Crippen molar-refractivity contribution in [2.24, 2.45) is 4.99 Å². The third kappa shape index (κ3) is 11.9. The van der Waals surface area contributed by atoms with E-state index in [0.717, 1.165) is 54.7 Å². The van der Waals surface area contributed by atoms with E-state index in [-0.39, 0.29) is 13.2 Å². The molecule has 7 heteroatoms. The summed E-state index contributed by atoms with van der Waals surface area (Å²) in [6, 6.07) is 13.8. The number of rotatable bonds is 16. The molecule has 0 spiro atoms. The fourth-order valence-corrected chi connectivity index (χ4v) is 3.90. The van der Waals surface area contributed by atoms with Gasteiger partial charge in [0.15, 0.2) is 0 Å². The van der Waals surface area contributed by atoms with Crippen molar-refractivity contribution in [3.63, 3.8) is 0 Å². The van der Waals surface area contributed by atoms with E-state index in [9.17, 15) is 0 Å². The molecule has 2 N–H and O–H groups in total. The Kier molecular flexibility index (Phi) is 18.0. The van der Waals surface area contributed by atoms with Gasteiger partial charge in [-0.15, -0.1) is 23.8 Å². The zero-order valence-electron chi connectivity index (χ0n) is 22.0. The molecule has 36 heavy (non-hydrogen) atoms. The molecule has 0 fully saturated rings. The number of benzene rings is 2. The number of hydrogen-bond acceptors (Lipinski definition) is 5. The van der Waals surface area contributed by atoms with Gasteiger partial charge < -0.3 is 24.7 Å². The molecule has 0 aliphatic heterocycles. The molecule has 2 aromatic rings. The number of halogens is 1. The van der Waals surface area contributed by atoms with Crippen molar-refractivity contribution in [1.82, 2.24) is 0 Å². The maximum atomic E-state index is 9.02. The van der Waals surface area contributed by atoms with Crippen molar-refractivity contribution in [2.75, 3.05) is 33.0 Å². The molecule has 0 aliphatic carbocycles. The number of ether oxygens (including phenoxy) is 2. The number of aliphatic hydroxyl groups excluding tert-OH is 2. The second-order valence-electron chi connectivity index (χ2n) is 9.20. The number of aryl methyl sites for hydroxylation is 1. The van der Waals surface area contributed by atoms with Crippen LogP contribution in [0.3, 0.4) is 0 Å². The normalized spacial score (nSPS) is 11.3. The molecule has 0 aliphatic rings. The molecule has 2 aromatic carbocycles. The quantitative estimate of drug-likeness (QED) is 0.0967. The first-order chi connectivity index (χ1) is 17.5. The average Bonchev–Trinajstić information content (AvgIpc) is 2.88. The second-order valence-corrected chi connectivity index (χ2v) is 9.20. The van der Waals surface area contributed by atoms with Crippen LogP contribution in [0.25, 0.3) is 0 Å². The van der Waals surface area contributed by atoms with E-state index >= 15 is 0 Å². The molecule has 0 radical (unpaired) electrons. The van der Waals surface area contributed by atoms with Crippen LogP contribution in [0.15, 0.2) is 35.3 Å². The monoisotopic (exact) mass is 609 g/mol. The van der Waals surface area contributed by atoms with Gasteiger partial charge in [-0.05, 0) is 42.0 Å². The van der Waals surface area contributed by atoms with Crippen molar-refractivity contribution in [1.29, 1.82) is 0 Å². The van der Waals surface area contributed by atoms with Gasteiger partial charge in [-0.1, -0.05) is 70.7 Å². The zero-order valence-corrected chi connectivity index (χ0v) is 24.4. The van der Waals surface area contributed by atoms with E-state index in [4.69, 9.17) is 24.7 Å². The van der Waals surface area contributed by atoms with Crippen molar-refractivity contribution in [2.45, 2.75) is 71.6 Å². The molecule has 0 aromatic heterocycles. The van der Waals surface area contributed by atoms with Gasteiger partial charge in [0.05, 0.1) is 32.1 Å². The number of nitrogens with zero attached hydrogens (tertiary/aromatic N) is 1. The number of unbranched alkanes of at least 4 members (excludes halogenated alkanes) is 3. The van der Waals surface area contributed by atoms with Gasteiger partial charge in [0, 0.05) is 12.4 Å². The molecule has 0 unspecified atom stereocenters. The van der Waals surface area contributed by atoms with Crippen molar-refractivity contribution in [3.8, 4) is 5.75 Å². The van der Waals surface area contributed by atoms with Crippen LogP contribution >= 0.6 is 9.53 Å². The average molecular weight is 611 g/mol. The SMILES string of the molecule is CC(C)c1cccc(C(C)C)c1N=Cc1[c-]cc(OCCOCCO)c(CCCCCCO)c1.[Cl][Pd+]. The maximum absolute atomic E-state index is 9.02. The Hall–Kier alpha value is -1.26. The van der Waals surface area contributed by atoms with Gasteiger partial charge in [-0.25, -0.2) is 0 Å². The Morgan fingerprint density at radius 1 is 0.944 bits per heavy atom. The Labute approximate surface area is 232 Å². The molecule has 0 amide bonds. The molecule has 204 valence electrons. The van der Waals surface area contributed by atoms with Crippen LogP contribution in [0.2, 0.25) is 0 Å². The zero-order chi connectivity index (χ0) is 26.8. The van der Waals surface area contributed by atoms with Crippen LogP contribution in [0.4, 0.5) is 5.69 Å². The van der Waals surface area contributed by atoms with Crippen molar-refractivity contribution >= 4 is 21.4 Å². The van der Waals surface area contributed by atoms with E-state index < -0.39 is 0 Å².